The van der Waals surface area contributed by atoms with Gasteiger partial charge < -0.3 is 14.0 Å². The normalized spacial score (nSPS) is 16.5. The molecule has 16 heavy (non-hydrogen) atoms. The van der Waals surface area contributed by atoms with Crippen LogP contribution in [0.3, 0.4) is 0 Å². The van der Waals surface area contributed by atoms with Crippen molar-refractivity contribution in [3.05, 3.63) is 0 Å². The Morgan fingerprint density at radius 2 is 1.75 bits per heavy atom. The fraction of sp³-hybridized carbons (Fsp3) is 1.00. The minimum atomic E-state index is -1.98. The average Bonchev–Trinajstić information content (AvgIpc) is 2.25. The lowest BCUT2D eigenvalue weighted by Gasteiger charge is -2.30. The third kappa shape index (κ3) is 5.40. The third-order valence-corrected chi connectivity index (χ3v) is 6.23. The van der Waals surface area contributed by atoms with E-state index in [1.807, 2.05) is 4.90 Å². The molecule has 0 saturated heterocycles. The van der Waals surface area contributed by atoms with Gasteiger partial charge in [0, 0.05) is 20.8 Å². The second-order valence-electron chi connectivity index (χ2n) is 4.57. The van der Waals surface area contributed by atoms with Gasteiger partial charge in [-0.1, -0.05) is 13.8 Å². The summed E-state index contributed by atoms with van der Waals surface area (Å²) in [6.07, 6.45) is -0.384. The maximum atomic E-state index is 9.55. The van der Waals surface area contributed by atoms with Crippen LogP contribution in [0.15, 0.2) is 0 Å². The molecule has 0 bridgehead atoms. The Kier molecular flexibility index (Phi) is 7.42. The van der Waals surface area contributed by atoms with Gasteiger partial charge in [-0.2, -0.15) is 0 Å². The topological polar surface area (TPSA) is 41.9 Å². The van der Waals surface area contributed by atoms with Gasteiger partial charge in [-0.15, -0.1) is 0 Å². The molecule has 0 radical (unpaired) electrons. The zero-order valence-corrected chi connectivity index (χ0v) is 12.5. The number of hydrogen-bond donors (Lipinski definition) is 1. The standard InChI is InChI=1S/C11H27NO3Si/c1-7-12(11(3)13)8-10(2)9-16(6,14-4)15-5/h10-11,13H,7-9H2,1-6H3. The first-order valence-electron chi connectivity index (χ1n) is 5.91. The Hall–Kier alpha value is 0.0569. The molecule has 2 atom stereocenters. The highest BCUT2D eigenvalue weighted by Gasteiger charge is 2.31. The molecular weight excluding hydrogens is 222 g/mol. The highest BCUT2D eigenvalue weighted by molar-refractivity contribution is 6.66. The van der Waals surface area contributed by atoms with Crippen LogP contribution in [0, 0.1) is 5.92 Å². The van der Waals surface area contributed by atoms with E-state index in [1.54, 1.807) is 21.1 Å². The molecule has 98 valence electrons. The molecule has 0 aliphatic carbocycles. The maximum Gasteiger partial charge on any atom is 0.334 e. The number of hydrogen-bond acceptors (Lipinski definition) is 4. The molecule has 4 nitrogen and oxygen atoms in total. The molecule has 0 aliphatic rings. The minimum absolute atomic E-state index is 0.384. The zero-order valence-electron chi connectivity index (χ0n) is 11.5. The van der Waals surface area contributed by atoms with Gasteiger partial charge in [-0.25, -0.2) is 0 Å². The second kappa shape index (κ2) is 7.40. The van der Waals surface area contributed by atoms with Gasteiger partial charge >= 0.3 is 8.56 Å². The summed E-state index contributed by atoms with van der Waals surface area (Å²) in [6, 6.07) is 0.948. The minimum Gasteiger partial charge on any atom is -0.398 e. The van der Waals surface area contributed by atoms with Crippen LogP contribution < -0.4 is 0 Å². The molecule has 0 heterocycles. The Balaban J connectivity index is 4.20. The van der Waals surface area contributed by atoms with Crippen molar-refractivity contribution >= 4 is 8.56 Å². The SMILES string of the molecule is CCN(CC(C)C[Si](C)(OC)OC)C(C)O. The molecule has 2 unspecified atom stereocenters. The molecular formula is C11H27NO3Si. The van der Waals surface area contributed by atoms with Crippen LogP contribution in [0.2, 0.25) is 12.6 Å². The van der Waals surface area contributed by atoms with Gasteiger partial charge in [0.25, 0.3) is 0 Å². The van der Waals surface area contributed by atoms with Crippen molar-refractivity contribution in [3.63, 3.8) is 0 Å². The first-order valence-corrected chi connectivity index (χ1v) is 8.43. The molecule has 0 aliphatic heterocycles. The van der Waals surface area contributed by atoms with Gasteiger partial charge in [0.2, 0.25) is 0 Å². The van der Waals surface area contributed by atoms with E-state index < -0.39 is 8.56 Å². The van der Waals surface area contributed by atoms with E-state index in [9.17, 15) is 5.11 Å². The fourth-order valence-corrected chi connectivity index (χ4v) is 3.79. The van der Waals surface area contributed by atoms with E-state index in [-0.39, 0.29) is 6.23 Å². The number of aliphatic hydroxyl groups excluding tert-OH is 1. The molecule has 0 amide bonds. The first-order chi connectivity index (χ1) is 7.38. The van der Waals surface area contributed by atoms with Crippen molar-refractivity contribution in [1.29, 1.82) is 0 Å². The summed E-state index contributed by atoms with van der Waals surface area (Å²) in [5, 5.41) is 9.55. The van der Waals surface area contributed by atoms with E-state index in [4.69, 9.17) is 8.85 Å². The van der Waals surface area contributed by atoms with E-state index in [0.29, 0.717) is 5.92 Å². The zero-order chi connectivity index (χ0) is 12.8. The summed E-state index contributed by atoms with van der Waals surface area (Å²) in [6.45, 7) is 9.85. The van der Waals surface area contributed by atoms with Gasteiger partial charge in [0.05, 0.1) is 0 Å². The molecule has 1 N–H and O–H groups in total. The summed E-state index contributed by atoms with van der Waals surface area (Å²) in [5.74, 6) is 0.464. The van der Waals surface area contributed by atoms with Crippen molar-refractivity contribution in [2.45, 2.75) is 39.6 Å². The smallest absolute Gasteiger partial charge is 0.334 e. The number of aliphatic hydroxyl groups is 1. The second-order valence-corrected chi connectivity index (χ2v) is 8.06. The highest BCUT2D eigenvalue weighted by atomic mass is 28.4. The summed E-state index contributed by atoms with van der Waals surface area (Å²) in [4.78, 5) is 2.05. The van der Waals surface area contributed by atoms with Crippen molar-refractivity contribution in [3.8, 4) is 0 Å². The van der Waals surface area contributed by atoms with Gasteiger partial charge in [0.15, 0.2) is 0 Å². The molecule has 0 rings (SSSR count). The fourth-order valence-electron chi connectivity index (χ4n) is 1.89. The Bertz CT molecular complexity index is 186. The van der Waals surface area contributed by atoms with Crippen LogP contribution in [-0.4, -0.2) is 52.1 Å². The quantitative estimate of drug-likeness (QED) is 0.525. The summed E-state index contributed by atoms with van der Waals surface area (Å²) in [7, 11) is 1.45. The monoisotopic (exact) mass is 249 g/mol. The van der Waals surface area contributed by atoms with Gasteiger partial charge in [0.1, 0.15) is 6.23 Å². The Morgan fingerprint density at radius 1 is 1.25 bits per heavy atom. The van der Waals surface area contributed by atoms with Crippen molar-refractivity contribution < 1.29 is 14.0 Å². The molecule has 5 heteroatoms. The van der Waals surface area contributed by atoms with E-state index in [2.05, 4.69) is 20.4 Å². The van der Waals surface area contributed by atoms with Gasteiger partial charge in [-0.05, 0) is 32.0 Å². The lowest BCUT2D eigenvalue weighted by molar-refractivity contribution is 0.0141. The average molecular weight is 249 g/mol. The number of nitrogens with zero attached hydrogens (tertiary/aromatic N) is 1. The number of rotatable bonds is 8. The Labute approximate surface area is 101 Å². The highest BCUT2D eigenvalue weighted by Crippen LogP contribution is 2.19. The molecule has 0 aromatic heterocycles. The lowest BCUT2D eigenvalue weighted by Crippen LogP contribution is -2.42. The van der Waals surface area contributed by atoms with Crippen LogP contribution in [0.5, 0.6) is 0 Å². The van der Waals surface area contributed by atoms with Crippen molar-refractivity contribution in [2.75, 3.05) is 27.3 Å². The molecule has 0 aromatic rings. The van der Waals surface area contributed by atoms with E-state index in [0.717, 1.165) is 19.1 Å². The summed E-state index contributed by atoms with van der Waals surface area (Å²) >= 11 is 0. The van der Waals surface area contributed by atoms with Crippen LogP contribution in [0.1, 0.15) is 20.8 Å². The van der Waals surface area contributed by atoms with Crippen LogP contribution in [-0.2, 0) is 8.85 Å². The van der Waals surface area contributed by atoms with Crippen LogP contribution >= 0.6 is 0 Å². The first kappa shape index (κ1) is 16.1. The maximum absolute atomic E-state index is 9.55. The molecule has 0 aromatic carbocycles. The van der Waals surface area contributed by atoms with Crippen molar-refractivity contribution in [2.24, 2.45) is 5.92 Å². The molecule has 0 fully saturated rings. The van der Waals surface area contributed by atoms with Crippen LogP contribution in [0.4, 0.5) is 0 Å². The van der Waals surface area contributed by atoms with Crippen molar-refractivity contribution in [1.82, 2.24) is 4.90 Å². The molecule has 0 saturated carbocycles. The predicted octanol–water partition coefficient (Wildman–Crippen LogP) is 1.65. The lowest BCUT2D eigenvalue weighted by atomic mass is 10.2. The summed E-state index contributed by atoms with van der Waals surface area (Å²) in [5.41, 5.74) is 0. The van der Waals surface area contributed by atoms with E-state index in [1.165, 1.54) is 0 Å². The Morgan fingerprint density at radius 3 is 2.06 bits per heavy atom. The predicted molar refractivity (Wildman–Crippen MR) is 68.5 cm³/mol. The van der Waals surface area contributed by atoms with Gasteiger partial charge in [-0.3, -0.25) is 4.90 Å². The van der Waals surface area contributed by atoms with Crippen LogP contribution in [0.25, 0.3) is 0 Å². The molecule has 0 spiro atoms. The third-order valence-electron chi connectivity index (χ3n) is 3.06. The van der Waals surface area contributed by atoms with E-state index >= 15 is 0 Å². The summed E-state index contributed by atoms with van der Waals surface area (Å²) < 4.78 is 10.9. The largest absolute Gasteiger partial charge is 0.398 e.